The Bertz CT molecular complexity index is 769. The van der Waals surface area contributed by atoms with E-state index in [1.807, 2.05) is 10.7 Å². The van der Waals surface area contributed by atoms with Gasteiger partial charge in [0.05, 0.1) is 12.6 Å². The van der Waals surface area contributed by atoms with Crippen molar-refractivity contribution < 1.29 is 0 Å². The van der Waals surface area contributed by atoms with Crippen molar-refractivity contribution in [3.63, 3.8) is 0 Å². The van der Waals surface area contributed by atoms with Crippen LogP contribution in [0.2, 0.25) is 0 Å². The van der Waals surface area contributed by atoms with Crippen LogP contribution in [0.25, 0.3) is 0 Å². The number of rotatable bonds is 5. The van der Waals surface area contributed by atoms with Gasteiger partial charge in [-0.25, -0.2) is 15.0 Å². The molecule has 6 nitrogen and oxygen atoms in total. The molecule has 1 atom stereocenters. The van der Waals surface area contributed by atoms with E-state index in [1.54, 1.807) is 19.0 Å². The molecule has 1 aliphatic rings. The van der Waals surface area contributed by atoms with E-state index in [0.29, 0.717) is 6.54 Å². The van der Waals surface area contributed by atoms with Crippen LogP contribution in [0.1, 0.15) is 29.3 Å². The Labute approximate surface area is 134 Å². The van der Waals surface area contributed by atoms with Crippen LogP contribution in [0, 0.1) is 0 Å². The second kappa shape index (κ2) is 6.16. The van der Waals surface area contributed by atoms with Gasteiger partial charge in [-0.2, -0.15) is 5.10 Å². The molecule has 0 fully saturated rings. The average Bonchev–Trinajstić information content (AvgIpc) is 3.27. The highest BCUT2D eigenvalue weighted by Gasteiger charge is 2.20. The van der Waals surface area contributed by atoms with E-state index >= 15 is 0 Å². The Morgan fingerprint density at radius 1 is 1.09 bits per heavy atom. The van der Waals surface area contributed by atoms with Crippen molar-refractivity contribution in [2.45, 2.75) is 31.8 Å². The van der Waals surface area contributed by atoms with Gasteiger partial charge in [0.1, 0.15) is 24.8 Å². The van der Waals surface area contributed by atoms with E-state index in [0.717, 1.165) is 25.1 Å². The largest absolute Gasteiger partial charge is 0.361 e. The zero-order valence-corrected chi connectivity index (χ0v) is 12.8. The Morgan fingerprint density at radius 2 is 2.00 bits per heavy atom. The van der Waals surface area contributed by atoms with Crippen molar-refractivity contribution in [1.82, 2.24) is 24.7 Å². The second-order valence-corrected chi connectivity index (χ2v) is 5.73. The molecule has 2 heterocycles. The van der Waals surface area contributed by atoms with Crippen molar-refractivity contribution in [3.05, 3.63) is 66.1 Å². The number of hydrogen-bond donors (Lipinski definition) is 1. The van der Waals surface area contributed by atoms with E-state index in [9.17, 15) is 0 Å². The lowest BCUT2D eigenvalue weighted by atomic mass is 10.1. The van der Waals surface area contributed by atoms with Gasteiger partial charge in [-0.1, -0.05) is 30.3 Å². The summed E-state index contributed by atoms with van der Waals surface area (Å²) in [6.45, 7) is 0.697. The first-order valence-electron chi connectivity index (χ1n) is 7.87. The molecular formula is C17H18N6. The molecule has 6 heteroatoms. The van der Waals surface area contributed by atoms with Crippen LogP contribution >= 0.6 is 0 Å². The average molecular weight is 306 g/mol. The Kier molecular flexibility index (Phi) is 3.71. The number of anilines is 1. The molecular weight excluding hydrogens is 288 g/mol. The Morgan fingerprint density at radius 3 is 2.83 bits per heavy atom. The smallest absolute Gasteiger partial charge is 0.137 e. The third kappa shape index (κ3) is 2.92. The van der Waals surface area contributed by atoms with Crippen LogP contribution in [0.5, 0.6) is 0 Å². The summed E-state index contributed by atoms with van der Waals surface area (Å²) in [6.07, 6.45) is 8.20. The van der Waals surface area contributed by atoms with E-state index in [-0.39, 0.29) is 6.04 Å². The van der Waals surface area contributed by atoms with Crippen molar-refractivity contribution in [3.8, 4) is 0 Å². The van der Waals surface area contributed by atoms with Crippen molar-refractivity contribution in [2.75, 3.05) is 5.32 Å². The summed E-state index contributed by atoms with van der Waals surface area (Å²) in [6, 6.07) is 10.5. The first kappa shape index (κ1) is 13.9. The summed E-state index contributed by atoms with van der Waals surface area (Å²) in [5.41, 5.74) is 3.63. The van der Waals surface area contributed by atoms with Gasteiger partial charge >= 0.3 is 0 Å². The fourth-order valence-corrected chi connectivity index (χ4v) is 3.08. The minimum atomic E-state index is 0.0810. The number of aryl methyl sites for hydroxylation is 1. The van der Waals surface area contributed by atoms with Crippen molar-refractivity contribution in [2.24, 2.45) is 0 Å². The molecule has 2 aromatic heterocycles. The maximum Gasteiger partial charge on any atom is 0.137 e. The molecule has 0 amide bonds. The summed E-state index contributed by atoms with van der Waals surface area (Å²) in [7, 11) is 0. The van der Waals surface area contributed by atoms with Crippen molar-refractivity contribution in [1.29, 1.82) is 0 Å². The quantitative estimate of drug-likeness (QED) is 0.784. The zero-order valence-electron chi connectivity index (χ0n) is 12.8. The van der Waals surface area contributed by atoms with E-state index in [4.69, 9.17) is 0 Å². The molecule has 0 saturated heterocycles. The second-order valence-electron chi connectivity index (χ2n) is 5.73. The Hall–Kier alpha value is -2.76. The molecule has 0 bridgehead atoms. The SMILES string of the molecule is c1ccc(C(Cn2cncn2)Nc2ncnc3c2CCC3)cc1. The molecule has 116 valence electrons. The van der Waals surface area contributed by atoms with Crippen LogP contribution in [-0.2, 0) is 19.4 Å². The number of nitrogens with one attached hydrogen (secondary N) is 1. The van der Waals surface area contributed by atoms with Gasteiger partial charge in [0.2, 0.25) is 0 Å². The standard InChI is InChI=1S/C17H18N6/c1-2-5-13(6-3-1)16(9-23-12-18-10-21-23)22-17-14-7-4-8-15(14)19-11-20-17/h1-3,5-6,10-12,16H,4,7-9H2,(H,19,20,22). The molecule has 3 aromatic rings. The lowest BCUT2D eigenvalue weighted by Crippen LogP contribution is -2.19. The first-order valence-corrected chi connectivity index (χ1v) is 7.87. The highest BCUT2D eigenvalue weighted by molar-refractivity contribution is 5.49. The maximum atomic E-state index is 4.48. The number of aromatic nitrogens is 5. The number of hydrogen-bond acceptors (Lipinski definition) is 5. The van der Waals surface area contributed by atoms with Gasteiger partial charge in [0.15, 0.2) is 0 Å². The molecule has 4 rings (SSSR count). The van der Waals surface area contributed by atoms with Gasteiger partial charge in [0.25, 0.3) is 0 Å². The molecule has 0 saturated carbocycles. The summed E-state index contributed by atoms with van der Waals surface area (Å²) >= 11 is 0. The van der Waals surface area contributed by atoms with Crippen LogP contribution in [0.3, 0.4) is 0 Å². The Balaban J connectivity index is 1.65. The maximum absolute atomic E-state index is 4.48. The highest BCUT2D eigenvalue weighted by atomic mass is 15.3. The number of benzene rings is 1. The van der Waals surface area contributed by atoms with Gasteiger partial charge in [-0.3, -0.25) is 4.68 Å². The first-order chi connectivity index (χ1) is 11.4. The fourth-order valence-electron chi connectivity index (χ4n) is 3.08. The monoisotopic (exact) mass is 306 g/mol. The molecule has 1 unspecified atom stereocenters. The molecule has 1 aromatic carbocycles. The van der Waals surface area contributed by atoms with Gasteiger partial charge in [-0.15, -0.1) is 0 Å². The zero-order chi connectivity index (χ0) is 15.5. The van der Waals surface area contributed by atoms with E-state index in [1.165, 1.54) is 16.8 Å². The van der Waals surface area contributed by atoms with E-state index < -0.39 is 0 Å². The van der Waals surface area contributed by atoms with Crippen LogP contribution in [0.4, 0.5) is 5.82 Å². The molecule has 1 N–H and O–H groups in total. The highest BCUT2D eigenvalue weighted by Crippen LogP contribution is 2.28. The van der Waals surface area contributed by atoms with Gasteiger partial charge < -0.3 is 5.32 Å². The minimum absolute atomic E-state index is 0.0810. The van der Waals surface area contributed by atoms with Gasteiger partial charge in [-0.05, 0) is 24.8 Å². The number of nitrogens with zero attached hydrogens (tertiary/aromatic N) is 5. The predicted octanol–water partition coefficient (Wildman–Crippen LogP) is 2.41. The van der Waals surface area contributed by atoms with Crippen molar-refractivity contribution >= 4 is 5.82 Å². The minimum Gasteiger partial charge on any atom is -0.361 e. The normalized spacial score (nSPS) is 14.4. The predicted molar refractivity (Wildman–Crippen MR) is 86.9 cm³/mol. The van der Waals surface area contributed by atoms with Gasteiger partial charge in [0, 0.05) is 11.3 Å². The fraction of sp³-hybridized carbons (Fsp3) is 0.294. The lowest BCUT2D eigenvalue weighted by Gasteiger charge is -2.21. The van der Waals surface area contributed by atoms with Crippen LogP contribution in [0.15, 0.2) is 49.3 Å². The summed E-state index contributed by atoms with van der Waals surface area (Å²) in [5, 5.41) is 7.82. The van der Waals surface area contributed by atoms with E-state index in [2.05, 4.69) is 49.6 Å². The molecule has 1 aliphatic carbocycles. The molecule has 0 aliphatic heterocycles. The third-order valence-corrected chi connectivity index (χ3v) is 4.22. The molecule has 0 spiro atoms. The molecule has 0 radical (unpaired) electrons. The lowest BCUT2D eigenvalue weighted by molar-refractivity contribution is 0.548. The summed E-state index contributed by atoms with van der Waals surface area (Å²) < 4.78 is 1.84. The van der Waals surface area contributed by atoms with Crippen LogP contribution < -0.4 is 5.32 Å². The third-order valence-electron chi connectivity index (χ3n) is 4.22. The molecule has 23 heavy (non-hydrogen) atoms. The van der Waals surface area contributed by atoms with Crippen LogP contribution in [-0.4, -0.2) is 24.7 Å². The summed E-state index contributed by atoms with van der Waals surface area (Å²) in [4.78, 5) is 12.9. The number of fused-ring (bicyclic) bond motifs is 1. The topological polar surface area (TPSA) is 68.5 Å². The summed E-state index contributed by atoms with van der Waals surface area (Å²) in [5.74, 6) is 0.946.